The highest BCUT2D eigenvalue weighted by atomic mass is 15.0. The van der Waals surface area contributed by atoms with Gasteiger partial charge in [-0.3, -0.25) is 9.38 Å². The zero-order chi connectivity index (χ0) is 14.5. The Kier molecular flexibility index (Phi) is 4.07. The molecule has 1 aliphatic rings. The van der Waals surface area contributed by atoms with Gasteiger partial charge in [-0.1, -0.05) is 6.07 Å². The number of nitrogen functional groups attached to an aromatic ring is 1. The molecule has 6 heteroatoms. The van der Waals surface area contributed by atoms with Gasteiger partial charge in [-0.05, 0) is 38.1 Å². The zero-order valence-corrected chi connectivity index (χ0v) is 11.7. The number of rotatable bonds is 1. The topological polar surface area (TPSA) is 81.1 Å². The number of hydrogen-bond acceptors (Lipinski definition) is 5. The third kappa shape index (κ3) is 3.17. The molecule has 108 valence electrons. The third-order valence-corrected chi connectivity index (χ3v) is 3.29. The average molecular weight is 282 g/mol. The maximum Gasteiger partial charge on any atom is 0.142 e. The van der Waals surface area contributed by atoms with Crippen molar-refractivity contribution in [2.24, 2.45) is 0 Å². The molecule has 1 aliphatic heterocycles. The maximum atomic E-state index is 5.61. The second-order valence-corrected chi connectivity index (χ2v) is 4.86. The Bertz CT molecular complexity index is 709. The van der Waals surface area contributed by atoms with Gasteiger partial charge in [-0.2, -0.15) is 0 Å². The first-order chi connectivity index (χ1) is 10.3. The molecule has 0 amide bonds. The molecule has 0 unspecified atom stereocenters. The third-order valence-electron chi connectivity index (χ3n) is 3.29. The van der Waals surface area contributed by atoms with Crippen molar-refractivity contribution in [3.05, 3.63) is 43.0 Å². The number of nitrogens with one attached hydrogen (secondary N) is 1. The van der Waals surface area contributed by atoms with Crippen molar-refractivity contribution in [1.29, 1.82) is 0 Å². The normalized spacial score (nSPS) is 13.9. The number of nitrogens with two attached hydrogens (primary N) is 1. The molecule has 1 saturated heterocycles. The first kappa shape index (κ1) is 13.5. The van der Waals surface area contributed by atoms with Crippen molar-refractivity contribution in [3.8, 4) is 11.4 Å². The Morgan fingerprint density at radius 1 is 1.10 bits per heavy atom. The van der Waals surface area contributed by atoms with Crippen molar-refractivity contribution < 1.29 is 0 Å². The highest BCUT2D eigenvalue weighted by Crippen LogP contribution is 2.18. The summed E-state index contributed by atoms with van der Waals surface area (Å²) in [5.74, 6) is 0.406. The van der Waals surface area contributed by atoms with Crippen LogP contribution in [0.5, 0.6) is 0 Å². The predicted octanol–water partition coefficient (Wildman–Crippen LogP) is 1.74. The van der Waals surface area contributed by atoms with E-state index in [0.29, 0.717) is 5.82 Å². The van der Waals surface area contributed by atoms with Crippen molar-refractivity contribution in [2.45, 2.75) is 12.8 Å². The quantitative estimate of drug-likeness (QED) is 0.710. The number of nitrogens with zero attached hydrogens (tertiary/aromatic N) is 4. The number of aromatic nitrogens is 4. The van der Waals surface area contributed by atoms with E-state index >= 15 is 0 Å². The van der Waals surface area contributed by atoms with Crippen LogP contribution >= 0.6 is 0 Å². The fourth-order valence-corrected chi connectivity index (χ4v) is 2.25. The average Bonchev–Trinajstić information content (AvgIpc) is 3.20. The molecule has 1 fully saturated rings. The predicted molar refractivity (Wildman–Crippen MR) is 82.7 cm³/mol. The molecule has 0 atom stereocenters. The summed E-state index contributed by atoms with van der Waals surface area (Å²) in [5, 5.41) is 3.22. The van der Waals surface area contributed by atoms with E-state index in [1.165, 1.54) is 32.1 Å². The standard InChI is InChI=1S/C11H9N5.C4H9N/c12-10-7-13-5-8(15-10)9-6-14-11-3-1-2-4-16(9)11;1-2-4-5-3-1/h1-7H,(H2,12,15);5H,1-4H2. The van der Waals surface area contributed by atoms with E-state index in [0.717, 1.165) is 17.0 Å². The summed E-state index contributed by atoms with van der Waals surface area (Å²) >= 11 is 0. The Labute approximate surface area is 123 Å². The Morgan fingerprint density at radius 3 is 2.67 bits per heavy atom. The first-order valence-corrected chi connectivity index (χ1v) is 7.05. The van der Waals surface area contributed by atoms with Crippen molar-refractivity contribution in [2.75, 3.05) is 18.8 Å². The fraction of sp³-hybridized carbons (Fsp3) is 0.267. The summed E-state index contributed by atoms with van der Waals surface area (Å²) in [6.07, 6.45) is 9.67. The molecule has 0 spiro atoms. The van der Waals surface area contributed by atoms with Crippen LogP contribution in [0.4, 0.5) is 5.82 Å². The molecule has 4 heterocycles. The molecule has 3 aromatic rings. The molecular formula is C15H18N6. The number of fused-ring (bicyclic) bond motifs is 1. The second-order valence-electron chi connectivity index (χ2n) is 4.86. The Balaban J connectivity index is 0.000000225. The lowest BCUT2D eigenvalue weighted by molar-refractivity contribution is 0.857. The van der Waals surface area contributed by atoms with Crippen LogP contribution in [-0.2, 0) is 0 Å². The van der Waals surface area contributed by atoms with Gasteiger partial charge in [-0.15, -0.1) is 0 Å². The van der Waals surface area contributed by atoms with Gasteiger partial charge in [-0.25, -0.2) is 9.97 Å². The monoisotopic (exact) mass is 282 g/mol. The smallest absolute Gasteiger partial charge is 0.142 e. The number of imidazole rings is 1. The van der Waals surface area contributed by atoms with Crippen LogP contribution in [0.1, 0.15) is 12.8 Å². The maximum absolute atomic E-state index is 5.61. The van der Waals surface area contributed by atoms with Gasteiger partial charge in [0.25, 0.3) is 0 Å². The minimum absolute atomic E-state index is 0.406. The van der Waals surface area contributed by atoms with Crippen LogP contribution in [0.25, 0.3) is 17.0 Å². The summed E-state index contributed by atoms with van der Waals surface area (Å²) < 4.78 is 1.95. The lowest BCUT2D eigenvalue weighted by Gasteiger charge is -2.00. The number of pyridine rings is 1. The minimum atomic E-state index is 0.406. The van der Waals surface area contributed by atoms with Crippen LogP contribution in [0.15, 0.2) is 43.0 Å². The molecule has 0 saturated carbocycles. The van der Waals surface area contributed by atoms with Crippen molar-refractivity contribution in [3.63, 3.8) is 0 Å². The molecule has 6 nitrogen and oxygen atoms in total. The van der Waals surface area contributed by atoms with Gasteiger partial charge < -0.3 is 11.1 Å². The van der Waals surface area contributed by atoms with Crippen molar-refractivity contribution >= 4 is 11.5 Å². The molecule has 3 aromatic heterocycles. The fourth-order valence-electron chi connectivity index (χ4n) is 2.25. The van der Waals surface area contributed by atoms with Gasteiger partial charge in [0.15, 0.2) is 0 Å². The Hall–Kier alpha value is -2.47. The molecule has 0 aromatic carbocycles. The van der Waals surface area contributed by atoms with Crippen LogP contribution in [0.3, 0.4) is 0 Å². The van der Waals surface area contributed by atoms with Gasteiger partial charge in [0, 0.05) is 6.20 Å². The summed E-state index contributed by atoms with van der Waals surface area (Å²) in [6, 6.07) is 5.82. The van der Waals surface area contributed by atoms with E-state index < -0.39 is 0 Å². The minimum Gasteiger partial charge on any atom is -0.382 e. The SMILES string of the molecule is C1CCNC1.Nc1cncc(-c2cnc3ccccn23)n1. The number of anilines is 1. The van der Waals surface area contributed by atoms with Crippen LogP contribution < -0.4 is 11.1 Å². The lowest BCUT2D eigenvalue weighted by atomic mass is 10.3. The van der Waals surface area contributed by atoms with Crippen LogP contribution in [-0.4, -0.2) is 32.4 Å². The van der Waals surface area contributed by atoms with E-state index in [1.54, 1.807) is 12.4 Å². The van der Waals surface area contributed by atoms with Crippen LogP contribution in [0.2, 0.25) is 0 Å². The van der Waals surface area contributed by atoms with E-state index in [4.69, 9.17) is 5.73 Å². The molecule has 0 aliphatic carbocycles. The molecule has 0 radical (unpaired) electrons. The van der Waals surface area contributed by atoms with Crippen molar-refractivity contribution in [1.82, 2.24) is 24.7 Å². The van der Waals surface area contributed by atoms with Crippen LogP contribution in [0, 0.1) is 0 Å². The summed E-state index contributed by atoms with van der Waals surface area (Å²) in [5.41, 5.74) is 8.09. The van der Waals surface area contributed by atoms with Gasteiger partial charge in [0.2, 0.25) is 0 Å². The lowest BCUT2D eigenvalue weighted by Crippen LogP contribution is -2.03. The van der Waals surface area contributed by atoms with E-state index in [-0.39, 0.29) is 0 Å². The first-order valence-electron chi connectivity index (χ1n) is 7.05. The molecule has 3 N–H and O–H groups in total. The second kappa shape index (κ2) is 6.32. The molecule has 4 rings (SSSR count). The van der Waals surface area contributed by atoms with Gasteiger partial charge in [0.05, 0.1) is 24.3 Å². The summed E-state index contributed by atoms with van der Waals surface area (Å²) in [7, 11) is 0. The molecule has 0 bridgehead atoms. The highest BCUT2D eigenvalue weighted by Gasteiger charge is 2.06. The summed E-state index contributed by atoms with van der Waals surface area (Å²) in [4.78, 5) is 12.5. The summed E-state index contributed by atoms with van der Waals surface area (Å²) in [6.45, 7) is 2.50. The van der Waals surface area contributed by atoms with Gasteiger partial charge in [0.1, 0.15) is 17.2 Å². The largest absolute Gasteiger partial charge is 0.382 e. The Morgan fingerprint density at radius 2 is 1.95 bits per heavy atom. The molecule has 21 heavy (non-hydrogen) atoms. The van der Waals surface area contributed by atoms with E-state index in [1.807, 2.05) is 28.8 Å². The van der Waals surface area contributed by atoms with E-state index in [9.17, 15) is 0 Å². The highest BCUT2D eigenvalue weighted by molar-refractivity contribution is 5.60. The number of hydrogen-bond donors (Lipinski definition) is 2. The molecular weight excluding hydrogens is 264 g/mol. The van der Waals surface area contributed by atoms with Gasteiger partial charge >= 0.3 is 0 Å². The zero-order valence-electron chi connectivity index (χ0n) is 11.7. The van der Waals surface area contributed by atoms with E-state index in [2.05, 4.69) is 20.3 Å².